The number of halogens is 4. The maximum atomic E-state index is 12.5. The van der Waals surface area contributed by atoms with Crippen molar-refractivity contribution in [1.29, 1.82) is 0 Å². The van der Waals surface area contributed by atoms with Crippen molar-refractivity contribution >= 4 is 17.6 Å². The monoisotopic (exact) mass is 281 g/mol. The fourth-order valence-electron chi connectivity index (χ4n) is 1.45. The van der Waals surface area contributed by atoms with Gasteiger partial charge >= 0.3 is 12.1 Å². The van der Waals surface area contributed by atoms with E-state index in [1.165, 1.54) is 11.9 Å². The van der Waals surface area contributed by atoms with Gasteiger partial charge in [0.25, 0.3) is 0 Å². The van der Waals surface area contributed by atoms with Gasteiger partial charge in [-0.1, -0.05) is 11.6 Å². The average Bonchev–Trinajstić information content (AvgIpc) is 2.18. The molecule has 1 aromatic carbocycles. The maximum Gasteiger partial charge on any atom is 0.416 e. The van der Waals surface area contributed by atoms with Crippen LogP contribution in [-0.4, -0.2) is 29.6 Å². The zero-order chi connectivity index (χ0) is 13.9. The lowest BCUT2D eigenvalue weighted by molar-refractivity contribution is -0.139. The van der Waals surface area contributed by atoms with E-state index < -0.39 is 17.7 Å². The number of benzene rings is 1. The summed E-state index contributed by atoms with van der Waals surface area (Å²) in [5, 5.41) is 8.74. The minimum absolute atomic E-state index is 0.0368. The number of aliphatic carboxylic acids is 1. The van der Waals surface area contributed by atoms with Crippen LogP contribution in [0.1, 0.15) is 11.1 Å². The number of nitrogens with zero attached hydrogens (tertiary/aromatic N) is 1. The van der Waals surface area contributed by atoms with Gasteiger partial charge in [-0.25, -0.2) is 0 Å². The van der Waals surface area contributed by atoms with Gasteiger partial charge < -0.3 is 5.11 Å². The summed E-state index contributed by atoms with van der Waals surface area (Å²) < 4.78 is 37.5. The van der Waals surface area contributed by atoms with Gasteiger partial charge in [-0.2, -0.15) is 13.2 Å². The molecule has 1 rings (SSSR count). The number of carbonyl (C=O) groups is 1. The van der Waals surface area contributed by atoms with Gasteiger partial charge in [0.1, 0.15) is 0 Å². The van der Waals surface area contributed by atoms with E-state index in [-0.39, 0.29) is 23.7 Å². The van der Waals surface area contributed by atoms with E-state index in [2.05, 4.69) is 0 Å². The Bertz CT molecular complexity index is 448. The second-order valence-electron chi connectivity index (χ2n) is 3.87. The Labute approximate surface area is 107 Å². The quantitative estimate of drug-likeness (QED) is 0.922. The molecule has 0 amide bonds. The predicted molar refractivity (Wildman–Crippen MR) is 60.4 cm³/mol. The van der Waals surface area contributed by atoms with Crippen LogP contribution in [0.25, 0.3) is 0 Å². The van der Waals surface area contributed by atoms with Crippen LogP contribution in [0.15, 0.2) is 18.2 Å². The first-order valence-electron chi connectivity index (χ1n) is 4.96. The number of carboxylic acid groups (broad SMARTS) is 1. The van der Waals surface area contributed by atoms with Crippen molar-refractivity contribution < 1.29 is 23.1 Å². The molecule has 0 unspecified atom stereocenters. The van der Waals surface area contributed by atoms with Gasteiger partial charge in [-0.15, -0.1) is 0 Å². The number of hydrogen-bond donors (Lipinski definition) is 1. The third kappa shape index (κ3) is 4.19. The Kier molecular flexibility index (Phi) is 4.59. The second kappa shape index (κ2) is 5.58. The summed E-state index contributed by atoms with van der Waals surface area (Å²) in [5.41, 5.74) is -0.555. The highest BCUT2D eigenvalue weighted by Gasteiger charge is 2.30. The molecule has 7 heteroatoms. The minimum atomic E-state index is -4.44. The van der Waals surface area contributed by atoms with Crippen molar-refractivity contribution in [3.63, 3.8) is 0 Å². The van der Waals surface area contributed by atoms with Gasteiger partial charge in [0, 0.05) is 11.6 Å². The summed E-state index contributed by atoms with van der Waals surface area (Å²) in [7, 11) is 1.49. The lowest BCUT2D eigenvalue weighted by atomic mass is 10.1. The molecule has 0 aliphatic rings. The smallest absolute Gasteiger partial charge is 0.416 e. The molecular weight excluding hydrogens is 271 g/mol. The van der Waals surface area contributed by atoms with Crippen molar-refractivity contribution in [2.45, 2.75) is 12.7 Å². The van der Waals surface area contributed by atoms with Gasteiger partial charge in [0.2, 0.25) is 0 Å². The van der Waals surface area contributed by atoms with Crippen molar-refractivity contribution in [3.05, 3.63) is 34.3 Å². The molecule has 0 saturated heterocycles. The third-order valence-electron chi connectivity index (χ3n) is 2.22. The number of carboxylic acids is 1. The van der Waals surface area contributed by atoms with Crippen LogP contribution in [0.3, 0.4) is 0 Å². The van der Waals surface area contributed by atoms with Crippen LogP contribution in [-0.2, 0) is 17.5 Å². The molecule has 0 aliphatic carbocycles. The SMILES string of the molecule is CN(CC(=O)O)Cc1cc(C(F)(F)F)ccc1Cl. The molecule has 0 saturated carbocycles. The van der Waals surface area contributed by atoms with Crippen LogP contribution in [0.5, 0.6) is 0 Å². The van der Waals surface area contributed by atoms with Gasteiger partial charge in [0.15, 0.2) is 0 Å². The van der Waals surface area contributed by atoms with Crippen LogP contribution in [0.4, 0.5) is 13.2 Å². The van der Waals surface area contributed by atoms with Crippen LogP contribution in [0.2, 0.25) is 5.02 Å². The molecular formula is C11H11ClF3NO2. The molecule has 0 aromatic heterocycles. The van der Waals surface area contributed by atoms with Crippen molar-refractivity contribution in [3.8, 4) is 0 Å². The van der Waals surface area contributed by atoms with Crippen LogP contribution >= 0.6 is 11.6 Å². The predicted octanol–water partition coefficient (Wildman–Crippen LogP) is 2.88. The van der Waals surface area contributed by atoms with Crippen molar-refractivity contribution in [2.75, 3.05) is 13.6 Å². The Hall–Kier alpha value is -1.27. The first-order valence-corrected chi connectivity index (χ1v) is 5.34. The van der Waals surface area contributed by atoms with E-state index in [4.69, 9.17) is 16.7 Å². The average molecular weight is 282 g/mol. The Morgan fingerprint density at radius 2 is 2.06 bits per heavy atom. The lowest BCUT2D eigenvalue weighted by Crippen LogP contribution is -2.25. The molecule has 0 heterocycles. The summed E-state index contributed by atoms with van der Waals surface area (Å²) in [6.45, 7) is -0.234. The maximum absolute atomic E-state index is 12.5. The first kappa shape index (κ1) is 14.8. The van der Waals surface area contributed by atoms with Gasteiger partial charge in [-0.3, -0.25) is 9.69 Å². The highest BCUT2D eigenvalue weighted by Crippen LogP contribution is 2.32. The molecule has 0 fully saturated rings. The molecule has 0 bridgehead atoms. The van der Waals surface area contributed by atoms with E-state index in [1.807, 2.05) is 0 Å². The van der Waals surface area contributed by atoms with Crippen molar-refractivity contribution in [2.24, 2.45) is 0 Å². The third-order valence-corrected chi connectivity index (χ3v) is 2.59. The Morgan fingerprint density at radius 1 is 1.44 bits per heavy atom. The molecule has 100 valence electrons. The van der Waals surface area contributed by atoms with E-state index in [1.54, 1.807) is 0 Å². The molecule has 0 atom stereocenters. The number of hydrogen-bond acceptors (Lipinski definition) is 2. The molecule has 3 nitrogen and oxygen atoms in total. The molecule has 0 aliphatic heterocycles. The largest absolute Gasteiger partial charge is 0.480 e. The summed E-state index contributed by atoms with van der Waals surface area (Å²) >= 11 is 5.79. The zero-order valence-corrected chi connectivity index (χ0v) is 10.2. The van der Waals surface area contributed by atoms with Crippen LogP contribution < -0.4 is 0 Å². The zero-order valence-electron chi connectivity index (χ0n) is 9.46. The fourth-order valence-corrected chi connectivity index (χ4v) is 1.63. The Morgan fingerprint density at radius 3 is 2.56 bits per heavy atom. The summed E-state index contributed by atoms with van der Waals surface area (Å²) in [4.78, 5) is 11.8. The summed E-state index contributed by atoms with van der Waals surface area (Å²) in [6.07, 6.45) is -4.44. The van der Waals surface area contributed by atoms with Crippen molar-refractivity contribution in [1.82, 2.24) is 4.90 Å². The van der Waals surface area contributed by atoms with Gasteiger partial charge in [0.05, 0.1) is 12.1 Å². The Balaban J connectivity index is 2.91. The van der Waals surface area contributed by atoms with E-state index in [0.29, 0.717) is 0 Å². The molecule has 0 radical (unpaired) electrons. The normalized spacial score (nSPS) is 11.9. The van der Waals surface area contributed by atoms with Gasteiger partial charge in [-0.05, 0) is 30.8 Å². The fraction of sp³-hybridized carbons (Fsp3) is 0.364. The lowest BCUT2D eigenvalue weighted by Gasteiger charge is -2.16. The van der Waals surface area contributed by atoms with Crippen LogP contribution in [0, 0.1) is 0 Å². The topological polar surface area (TPSA) is 40.5 Å². The van der Waals surface area contributed by atoms with E-state index in [9.17, 15) is 18.0 Å². The summed E-state index contributed by atoms with van der Waals surface area (Å²) in [5.74, 6) is -1.06. The highest BCUT2D eigenvalue weighted by atomic mass is 35.5. The molecule has 1 N–H and O–H groups in total. The number of rotatable bonds is 4. The minimum Gasteiger partial charge on any atom is -0.480 e. The standard InChI is InChI=1S/C11H11ClF3NO2/c1-16(6-10(17)18)5-7-4-8(11(13,14)15)2-3-9(7)12/h2-4H,5-6H2,1H3,(H,17,18). The first-order chi connectivity index (χ1) is 8.20. The molecule has 1 aromatic rings. The van der Waals surface area contributed by atoms with E-state index >= 15 is 0 Å². The number of alkyl halides is 3. The molecule has 0 spiro atoms. The highest BCUT2D eigenvalue weighted by molar-refractivity contribution is 6.31. The molecule has 18 heavy (non-hydrogen) atoms. The second-order valence-corrected chi connectivity index (χ2v) is 4.28. The number of likely N-dealkylation sites (N-methyl/N-ethyl adjacent to an activating group) is 1. The summed E-state index contributed by atoms with van der Waals surface area (Å²) in [6, 6.07) is 2.98. The van der Waals surface area contributed by atoms with E-state index in [0.717, 1.165) is 18.2 Å².